The summed E-state index contributed by atoms with van der Waals surface area (Å²) in [6.07, 6.45) is 2.94. The molecule has 0 saturated carbocycles. The lowest BCUT2D eigenvalue weighted by Crippen LogP contribution is -2.07. The van der Waals surface area contributed by atoms with Crippen LogP contribution in [0.25, 0.3) is 22.0 Å². The first kappa shape index (κ1) is 17.6. The number of nitrogens with zero attached hydrogens (tertiary/aromatic N) is 3. The van der Waals surface area contributed by atoms with Crippen molar-refractivity contribution in [3.05, 3.63) is 82.2 Å². The van der Waals surface area contributed by atoms with Crippen molar-refractivity contribution in [3.63, 3.8) is 0 Å². The third-order valence-corrected chi connectivity index (χ3v) is 4.98. The lowest BCUT2D eigenvalue weighted by Gasteiger charge is -2.12. The summed E-state index contributed by atoms with van der Waals surface area (Å²) in [7, 11) is 1.69. The van der Waals surface area contributed by atoms with E-state index in [9.17, 15) is 9.18 Å². The summed E-state index contributed by atoms with van der Waals surface area (Å²) in [5, 5.41) is 0.670. The third-order valence-electron chi connectivity index (χ3n) is 4.31. The van der Waals surface area contributed by atoms with E-state index in [-0.39, 0.29) is 27.0 Å². The number of hydrogen-bond donors (Lipinski definition) is 0. The molecule has 0 spiro atoms. The van der Waals surface area contributed by atoms with Gasteiger partial charge in [-0.25, -0.2) is 14.4 Å². The van der Waals surface area contributed by atoms with E-state index in [0.717, 1.165) is 11.6 Å². The Labute approximate surface area is 164 Å². The summed E-state index contributed by atoms with van der Waals surface area (Å²) in [6, 6.07) is 11.9. The normalized spacial score (nSPS) is 11.1. The number of halogens is 3. The first-order chi connectivity index (χ1) is 13.0. The minimum absolute atomic E-state index is 0.0197. The van der Waals surface area contributed by atoms with Crippen molar-refractivity contribution < 1.29 is 9.18 Å². The van der Waals surface area contributed by atoms with E-state index < -0.39 is 5.82 Å². The summed E-state index contributed by atoms with van der Waals surface area (Å²) in [4.78, 5) is 20.8. The topological polar surface area (TPSA) is 47.8 Å². The van der Waals surface area contributed by atoms with Crippen LogP contribution in [0.2, 0.25) is 10.2 Å². The number of imidazole rings is 1. The molecule has 0 aliphatic rings. The van der Waals surface area contributed by atoms with Gasteiger partial charge < -0.3 is 4.57 Å². The molecule has 2 aromatic carbocycles. The van der Waals surface area contributed by atoms with Crippen LogP contribution >= 0.6 is 23.2 Å². The van der Waals surface area contributed by atoms with Gasteiger partial charge in [0, 0.05) is 23.6 Å². The molecular weight excluding hydrogens is 388 g/mol. The van der Waals surface area contributed by atoms with E-state index in [1.54, 1.807) is 11.6 Å². The minimum Gasteiger partial charge on any atom is -0.331 e. The molecule has 0 atom stereocenters. The van der Waals surface area contributed by atoms with Crippen molar-refractivity contribution in [2.45, 2.75) is 0 Å². The second-order valence-electron chi connectivity index (χ2n) is 6.03. The molecule has 0 saturated heterocycles. The van der Waals surface area contributed by atoms with Gasteiger partial charge in [0.15, 0.2) is 0 Å². The maximum absolute atomic E-state index is 14.7. The molecule has 7 heteroatoms. The van der Waals surface area contributed by atoms with Gasteiger partial charge in [-0.2, -0.15) is 0 Å². The monoisotopic (exact) mass is 399 g/mol. The van der Waals surface area contributed by atoms with Crippen LogP contribution in [0.3, 0.4) is 0 Å². The number of ketones is 1. The molecule has 4 aromatic rings. The lowest BCUT2D eigenvalue weighted by atomic mass is 10.0. The number of aromatic nitrogens is 3. The summed E-state index contributed by atoms with van der Waals surface area (Å²) >= 11 is 12.8. The zero-order chi connectivity index (χ0) is 19.1. The molecule has 27 heavy (non-hydrogen) atoms. The lowest BCUT2D eigenvalue weighted by molar-refractivity contribution is 0.103. The molecule has 0 unspecified atom stereocenters. The number of aryl methyl sites for hydroxylation is 1. The quantitative estimate of drug-likeness (QED) is 0.346. The van der Waals surface area contributed by atoms with Gasteiger partial charge in [-0.1, -0.05) is 53.5 Å². The minimum atomic E-state index is -0.665. The number of fused-ring (bicyclic) bond motifs is 1. The summed E-state index contributed by atoms with van der Waals surface area (Å²) in [5.74, 6) is -1.02. The number of pyridine rings is 1. The third kappa shape index (κ3) is 2.99. The number of carbonyl (C=O) groups is 1. The smallest absolute Gasteiger partial charge is 0.211 e. The summed E-state index contributed by atoms with van der Waals surface area (Å²) in [6.45, 7) is 0. The molecule has 0 bridgehead atoms. The SMILES string of the molecule is Cn1cncc1C(=O)c1cc(F)c2nc(Cl)c(-c3ccccc3)c(Cl)c2c1. The highest BCUT2D eigenvalue weighted by Crippen LogP contribution is 2.39. The molecule has 0 N–H and O–H groups in total. The van der Waals surface area contributed by atoms with Crippen LogP contribution in [-0.4, -0.2) is 20.3 Å². The maximum atomic E-state index is 14.7. The highest BCUT2D eigenvalue weighted by atomic mass is 35.5. The van der Waals surface area contributed by atoms with Crippen molar-refractivity contribution in [1.29, 1.82) is 0 Å². The zero-order valence-corrected chi connectivity index (χ0v) is 15.6. The van der Waals surface area contributed by atoms with Crippen LogP contribution in [0.15, 0.2) is 55.0 Å². The molecule has 0 amide bonds. The van der Waals surface area contributed by atoms with Gasteiger partial charge in [-0.3, -0.25) is 4.79 Å². The number of rotatable bonds is 3. The van der Waals surface area contributed by atoms with Gasteiger partial charge in [0.2, 0.25) is 5.78 Å². The Hall–Kier alpha value is -2.76. The van der Waals surface area contributed by atoms with E-state index in [1.807, 2.05) is 30.3 Å². The Kier molecular flexibility index (Phi) is 4.42. The van der Waals surface area contributed by atoms with Crippen LogP contribution < -0.4 is 0 Å². The van der Waals surface area contributed by atoms with Gasteiger partial charge in [0.1, 0.15) is 22.2 Å². The van der Waals surface area contributed by atoms with Crippen molar-refractivity contribution in [2.24, 2.45) is 7.05 Å². The van der Waals surface area contributed by atoms with Gasteiger partial charge in [-0.05, 0) is 17.7 Å². The molecule has 0 aliphatic heterocycles. The number of carbonyl (C=O) groups excluding carboxylic acids is 1. The van der Waals surface area contributed by atoms with Crippen molar-refractivity contribution in [3.8, 4) is 11.1 Å². The van der Waals surface area contributed by atoms with E-state index in [2.05, 4.69) is 9.97 Å². The molecule has 4 nitrogen and oxygen atoms in total. The fourth-order valence-corrected chi connectivity index (χ4v) is 3.64. The van der Waals surface area contributed by atoms with Gasteiger partial charge in [-0.15, -0.1) is 0 Å². The zero-order valence-electron chi connectivity index (χ0n) is 14.1. The van der Waals surface area contributed by atoms with Crippen LogP contribution in [0.4, 0.5) is 4.39 Å². The maximum Gasteiger partial charge on any atom is 0.211 e. The highest BCUT2D eigenvalue weighted by molar-refractivity contribution is 6.42. The molecule has 4 rings (SSSR count). The Bertz CT molecular complexity index is 1190. The molecular formula is C20H12Cl2FN3O. The van der Waals surface area contributed by atoms with Crippen molar-refractivity contribution >= 4 is 39.9 Å². The predicted octanol–water partition coefficient (Wildman–Crippen LogP) is 5.31. The predicted molar refractivity (Wildman–Crippen MR) is 104 cm³/mol. The first-order valence-corrected chi connectivity index (χ1v) is 8.77. The van der Waals surface area contributed by atoms with Gasteiger partial charge in [0.05, 0.1) is 17.5 Å². The standard InChI is InChI=1S/C20H12Cl2FN3O/c1-26-10-24-9-15(26)19(27)12-7-13-17(21)16(11-5-3-2-4-6-11)20(22)25-18(13)14(23)8-12/h2-10H,1H3. The first-order valence-electron chi connectivity index (χ1n) is 8.02. The van der Waals surface area contributed by atoms with Crippen LogP contribution in [-0.2, 0) is 7.05 Å². The molecule has 2 aromatic heterocycles. The Balaban J connectivity index is 1.96. The van der Waals surface area contributed by atoms with Gasteiger partial charge >= 0.3 is 0 Å². The van der Waals surface area contributed by atoms with E-state index in [0.29, 0.717) is 16.6 Å². The van der Waals surface area contributed by atoms with Crippen LogP contribution in [0.1, 0.15) is 16.1 Å². The Morgan fingerprint density at radius 3 is 2.56 bits per heavy atom. The van der Waals surface area contributed by atoms with E-state index in [4.69, 9.17) is 23.2 Å². The Morgan fingerprint density at radius 1 is 1.15 bits per heavy atom. The second-order valence-corrected chi connectivity index (χ2v) is 6.77. The fourth-order valence-electron chi connectivity index (χ4n) is 2.96. The molecule has 0 fully saturated rings. The van der Waals surface area contributed by atoms with Crippen molar-refractivity contribution in [2.75, 3.05) is 0 Å². The van der Waals surface area contributed by atoms with Crippen molar-refractivity contribution in [1.82, 2.24) is 14.5 Å². The van der Waals surface area contributed by atoms with Crippen LogP contribution in [0.5, 0.6) is 0 Å². The Morgan fingerprint density at radius 2 is 1.89 bits per heavy atom. The molecule has 2 heterocycles. The highest BCUT2D eigenvalue weighted by Gasteiger charge is 2.20. The molecule has 0 aliphatic carbocycles. The van der Waals surface area contributed by atoms with E-state index >= 15 is 0 Å². The fraction of sp³-hybridized carbons (Fsp3) is 0.0500. The van der Waals surface area contributed by atoms with Gasteiger partial charge in [0.25, 0.3) is 0 Å². The average Bonchev–Trinajstić information content (AvgIpc) is 3.09. The van der Waals surface area contributed by atoms with Crippen LogP contribution in [0, 0.1) is 5.82 Å². The second kappa shape index (κ2) is 6.76. The molecule has 134 valence electrons. The van der Waals surface area contributed by atoms with E-state index in [1.165, 1.54) is 18.6 Å². The largest absolute Gasteiger partial charge is 0.331 e. The number of hydrogen-bond acceptors (Lipinski definition) is 3. The summed E-state index contributed by atoms with van der Waals surface area (Å²) in [5.41, 5.74) is 1.77. The average molecular weight is 400 g/mol. The number of benzene rings is 2. The molecule has 0 radical (unpaired) electrons. The summed E-state index contributed by atoms with van der Waals surface area (Å²) < 4.78 is 16.3.